The molecule has 10 heteroatoms. The van der Waals surface area contributed by atoms with Crippen LogP contribution in [0.5, 0.6) is 0 Å². The molecule has 3 heterocycles. The number of likely N-dealkylation sites (tertiary alicyclic amines) is 1. The lowest BCUT2D eigenvalue weighted by molar-refractivity contribution is -0.120. The molecule has 0 bridgehead atoms. The first-order valence-electron chi connectivity index (χ1n) is 10.8. The van der Waals surface area contributed by atoms with Gasteiger partial charge in [0.15, 0.2) is 0 Å². The van der Waals surface area contributed by atoms with Crippen LogP contribution in [0, 0.1) is 12.8 Å². The molecule has 0 radical (unpaired) electrons. The van der Waals surface area contributed by atoms with Crippen LogP contribution in [0.4, 0.5) is 5.69 Å². The molecule has 0 unspecified atom stereocenters. The first-order chi connectivity index (χ1) is 15.3. The van der Waals surface area contributed by atoms with Gasteiger partial charge in [0.2, 0.25) is 15.9 Å². The largest absolute Gasteiger partial charge is 0.356 e. The van der Waals surface area contributed by atoms with Gasteiger partial charge in [-0.05, 0) is 62.4 Å². The van der Waals surface area contributed by atoms with Crippen molar-refractivity contribution in [3.05, 3.63) is 46.7 Å². The number of hydrogen-bond donors (Lipinski definition) is 2. The van der Waals surface area contributed by atoms with E-state index in [0.29, 0.717) is 43.2 Å². The van der Waals surface area contributed by atoms with Crippen LogP contribution in [0.15, 0.2) is 35.4 Å². The fraction of sp³-hybridized carbons (Fsp3) is 0.455. The van der Waals surface area contributed by atoms with Gasteiger partial charge in [-0.15, -0.1) is 0 Å². The molecule has 2 fully saturated rings. The highest BCUT2D eigenvalue weighted by Gasteiger charge is 2.34. The number of nitrogens with one attached hydrogen (secondary N) is 2. The lowest BCUT2D eigenvalue weighted by Crippen LogP contribution is -2.43. The van der Waals surface area contributed by atoms with Crippen LogP contribution in [0.1, 0.15) is 41.7 Å². The van der Waals surface area contributed by atoms with Gasteiger partial charge < -0.3 is 15.2 Å². The zero-order valence-electron chi connectivity index (χ0n) is 17.9. The van der Waals surface area contributed by atoms with Gasteiger partial charge in [0.1, 0.15) is 10.6 Å². The molecule has 2 aliphatic heterocycles. The molecule has 0 aliphatic carbocycles. The summed E-state index contributed by atoms with van der Waals surface area (Å²) in [5, 5.41) is 3.48. The number of aromatic amines is 1. The number of aryl methyl sites for hydroxylation is 1. The van der Waals surface area contributed by atoms with E-state index < -0.39 is 15.9 Å². The Kier molecular flexibility index (Phi) is 6.60. The fourth-order valence-electron chi connectivity index (χ4n) is 4.26. The molecular weight excluding hydrogens is 452 g/mol. The topological polar surface area (TPSA) is 103 Å². The van der Waals surface area contributed by atoms with E-state index in [1.165, 1.54) is 16.6 Å². The molecule has 172 valence electrons. The number of carbonyl (C=O) groups excluding carboxylic acids is 2. The Balaban J connectivity index is 1.45. The Morgan fingerprint density at radius 2 is 1.88 bits per heavy atom. The number of rotatable bonds is 5. The van der Waals surface area contributed by atoms with Gasteiger partial charge in [0.05, 0.1) is 5.92 Å². The Hall–Kier alpha value is -2.36. The second-order valence-corrected chi connectivity index (χ2v) is 10.8. The van der Waals surface area contributed by atoms with E-state index in [4.69, 9.17) is 11.6 Å². The van der Waals surface area contributed by atoms with Gasteiger partial charge in [0.25, 0.3) is 5.91 Å². The molecule has 2 amide bonds. The SMILES string of the molecule is Cc1cc(Cl)ccc1NC(=O)[C@@H]1CCCN(S(=O)(=O)c2c[nH]c(C(=O)N3CCCC3)c2)C1. The Morgan fingerprint density at radius 1 is 1.12 bits per heavy atom. The van der Waals surface area contributed by atoms with E-state index in [1.54, 1.807) is 23.1 Å². The van der Waals surface area contributed by atoms with Crippen LogP contribution in [-0.4, -0.2) is 60.6 Å². The van der Waals surface area contributed by atoms with E-state index >= 15 is 0 Å². The molecule has 2 aliphatic rings. The maximum atomic E-state index is 13.2. The van der Waals surface area contributed by atoms with Crippen molar-refractivity contribution >= 4 is 39.1 Å². The third-order valence-electron chi connectivity index (χ3n) is 6.12. The van der Waals surface area contributed by atoms with Crippen molar-refractivity contribution in [1.29, 1.82) is 0 Å². The summed E-state index contributed by atoms with van der Waals surface area (Å²) in [6, 6.07) is 6.61. The number of anilines is 1. The normalized spacial score (nSPS) is 19.8. The summed E-state index contributed by atoms with van der Waals surface area (Å²) in [5.41, 5.74) is 1.78. The van der Waals surface area contributed by atoms with E-state index in [1.807, 2.05) is 6.92 Å². The average molecular weight is 479 g/mol. The Bertz CT molecular complexity index is 1120. The lowest BCUT2D eigenvalue weighted by Gasteiger charge is -2.31. The van der Waals surface area contributed by atoms with Crippen LogP contribution in [-0.2, 0) is 14.8 Å². The Morgan fingerprint density at radius 3 is 2.59 bits per heavy atom. The number of sulfonamides is 1. The van der Waals surface area contributed by atoms with E-state index in [0.717, 1.165) is 18.4 Å². The molecule has 8 nitrogen and oxygen atoms in total. The van der Waals surface area contributed by atoms with Gasteiger partial charge in [0, 0.05) is 43.1 Å². The molecule has 1 aromatic heterocycles. The van der Waals surface area contributed by atoms with Crippen LogP contribution in [0.3, 0.4) is 0 Å². The minimum absolute atomic E-state index is 0.0506. The number of benzene rings is 1. The smallest absolute Gasteiger partial charge is 0.270 e. The highest BCUT2D eigenvalue weighted by atomic mass is 35.5. The summed E-state index contributed by atoms with van der Waals surface area (Å²) in [7, 11) is -3.82. The molecule has 0 spiro atoms. The molecule has 4 rings (SSSR count). The van der Waals surface area contributed by atoms with Gasteiger partial charge in [-0.3, -0.25) is 9.59 Å². The van der Waals surface area contributed by atoms with Gasteiger partial charge in [-0.2, -0.15) is 4.31 Å². The summed E-state index contributed by atoms with van der Waals surface area (Å²) in [5.74, 6) is -0.856. The van der Waals surface area contributed by atoms with Crippen LogP contribution in [0.25, 0.3) is 0 Å². The number of carbonyl (C=O) groups is 2. The molecular formula is C22H27ClN4O4S. The summed E-state index contributed by atoms with van der Waals surface area (Å²) < 4.78 is 27.7. The molecule has 2 N–H and O–H groups in total. The molecule has 1 aromatic carbocycles. The van der Waals surface area contributed by atoms with E-state index in [-0.39, 0.29) is 28.9 Å². The number of nitrogens with zero attached hydrogens (tertiary/aromatic N) is 2. The van der Waals surface area contributed by atoms with E-state index in [2.05, 4.69) is 10.3 Å². The lowest BCUT2D eigenvalue weighted by atomic mass is 9.98. The maximum absolute atomic E-state index is 13.2. The third kappa shape index (κ3) is 4.69. The average Bonchev–Trinajstić information content (AvgIpc) is 3.48. The Labute approximate surface area is 193 Å². The minimum Gasteiger partial charge on any atom is -0.356 e. The molecule has 2 saturated heterocycles. The number of H-pyrrole nitrogens is 1. The van der Waals surface area contributed by atoms with E-state index in [9.17, 15) is 18.0 Å². The minimum atomic E-state index is -3.82. The van der Waals surface area contributed by atoms with Gasteiger partial charge in [-0.1, -0.05) is 11.6 Å². The second-order valence-electron chi connectivity index (χ2n) is 8.40. The van der Waals surface area contributed by atoms with Crippen molar-refractivity contribution in [3.8, 4) is 0 Å². The van der Waals surface area contributed by atoms with Crippen LogP contribution >= 0.6 is 11.6 Å². The summed E-state index contributed by atoms with van der Waals surface area (Å²) in [6.07, 6.45) is 4.48. The molecule has 32 heavy (non-hydrogen) atoms. The van der Waals surface area contributed by atoms with Crippen molar-refractivity contribution in [2.45, 2.75) is 37.5 Å². The monoisotopic (exact) mass is 478 g/mol. The predicted octanol–water partition coefficient (Wildman–Crippen LogP) is 3.25. The number of piperidine rings is 1. The fourth-order valence-corrected chi connectivity index (χ4v) is 6.01. The first kappa shape index (κ1) is 22.8. The van der Waals surface area contributed by atoms with Crippen molar-refractivity contribution in [3.63, 3.8) is 0 Å². The molecule has 0 saturated carbocycles. The zero-order valence-corrected chi connectivity index (χ0v) is 19.5. The number of aromatic nitrogens is 1. The highest BCUT2D eigenvalue weighted by Crippen LogP contribution is 2.27. The number of amides is 2. The second kappa shape index (κ2) is 9.25. The van der Waals surface area contributed by atoms with Crippen LogP contribution in [0.2, 0.25) is 5.02 Å². The van der Waals surface area contributed by atoms with Crippen molar-refractivity contribution in [2.75, 3.05) is 31.5 Å². The van der Waals surface area contributed by atoms with Crippen LogP contribution < -0.4 is 5.32 Å². The first-order valence-corrected chi connectivity index (χ1v) is 12.6. The third-order valence-corrected chi connectivity index (χ3v) is 8.20. The standard InChI is InChI=1S/C22H27ClN4O4S/c1-15-11-17(23)6-7-19(15)25-21(28)16-5-4-10-27(14-16)32(30,31)18-12-20(24-13-18)22(29)26-8-2-3-9-26/h6-7,11-13,16,24H,2-5,8-10,14H2,1H3,(H,25,28)/t16-/m1/s1. The van der Waals surface area contributed by atoms with Crippen molar-refractivity contribution in [2.24, 2.45) is 5.92 Å². The molecule has 2 aromatic rings. The summed E-state index contributed by atoms with van der Waals surface area (Å²) >= 11 is 5.98. The molecule has 1 atom stereocenters. The maximum Gasteiger partial charge on any atom is 0.270 e. The van der Waals surface area contributed by atoms with Crippen molar-refractivity contribution < 1.29 is 18.0 Å². The predicted molar refractivity (Wildman–Crippen MR) is 122 cm³/mol. The summed E-state index contributed by atoms with van der Waals surface area (Å²) in [6.45, 7) is 3.67. The number of hydrogen-bond acceptors (Lipinski definition) is 4. The quantitative estimate of drug-likeness (QED) is 0.688. The van der Waals surface area contributed by atoms with Gasteiger partial charge >= 0.3 is 0 Å². The zero-order chi connectivity index (χ0) is 22.9. The highest BCUT2D eigenvalue weighted by molar-refractivity contribution is 7.89. The van der Waals surface area contributed by atoms with Crippen molar-refractivity contribution in [1.82, 2.24) is 14.2 Å². The summed E-state index contributed by atoms with van der Waals surface area (Å²) in [4.78, 5) is 30.0. The van der Waals surface area contributed by atoms with Gasteiger partial charge in [-0.25, -0.2) is 8.42 Å². The number of halogens is 1.